The summed E-state index contributed by atoms with van der Waals surface area (Å²) in [5.41, 5.74) is 2.35. The van der Waals surface area contributed by atoms with Gasteiger partial charge in [-0.15, -0.1) is 0 Å². The van der Waals surface area contributed by atoms with Crippen LogP contribution in [0.25, 0.3) is 0 Å². The van der Waals surface area contributed by atoms with Gasteiger partial charge in [0.1, 0.15) is 0 Å². The molecule has 106 valence electrons. The van der Waals surface area contributed by atoms with Crippen molar-refractivity contribution in [2.24, 2.45) is 10.9 Å². The average molecular weight is 285 g/mol. The second-order valence-electron chi connectivity index (χ2n) is 5.62. The lowest BCUT2D eigenvalue weighted by Gasteiger charge is -2.27. The molecular formula is C18H23NS. The third-order valence-corrected chi connectivity index (χ3v) is 4.27. The van der Waals surface area contributed by atoms with Crippen LogP contribution in [0.4, 0.5) is 5.69 Å². The van der Waals surface area contributed by atoms with Crippen molar-refractivity contribution < 1.29 is 0 Å². The highest BCUT2D eigenvalue weighted by atomic mass is 32.1. The highest BCUT2D eigenvalue weighted by Gasteiger charge is 2.20. The summed E-state index contributed by atoms with van der Waals surface area (Å²) in [5, 5.41) is 2.41. The van der Waals surface area contributed by atoms with Gasteiger partial charge in [0.25, 0.3) is 0 Å². The molecule has 1 fully saturated rings. The van der Waals surface area contributed by atoms with Crippen molar-refractivity contribution in [3.63, 3.8) is 0 Å². The molecule has 0 saturated heterocycles. The zero-order valence-electron chi connectivity index (χ0n) is 12.2. The number of rotatable bonds is 5. The first-order valence-corrected chi connectivity index (χ1v) is 8.08. The molecule has 0 radical (unpaired) electrons. The summed E-state index contributed by atoms with van der Waals surface area (Å²) in [6, 6.07) is 8.48. The largest absolute Gasteiger partial charge is 0.195 e. The third-order valence-electron chi connectivity index (χ3n) is 4.17. The molecule has 0 unspecified atom stereocenters. The van der Waals surface area contributed by atoms with E-state index >= 15 is 0 Å². The molecule has 2 rings (SSSR count). The smallest absolute Gasteiger partial charge is 0.0739 e. The van der Waals surface area contributed by atoms with E-state index in [-0.39, 0.29) is 0 Å². The number of hydrogen-bond donors (Lipinski definition) is 0. The zero-order valence-corrected chi connectivity index (χ0v) is 13.0. The molecule has 1 aromatic carbocycles. The predicted molar refractivity (Wildman–Crippen MR) is 89.9 cm³/mol. The maximum absolute atomic E-state index is 4.63. The van der Waals surface area contributed by atoms with Gasteiger partial charge in [0.15, 0.2) is 0 Å². The monoisotopic (exact) mass is 285 g/mol. The van der Waals surface area contributed by atoms with Gasteiger partial charge in [0.2, 0.25) is 0 Å². The Bertz CT molecular complexity index is 475. The molecule has 0 aliphatic heterocycles. The number of benzene rings is 1. The van der Waals surface area contributed by atoms with E-state index in [9.17, 15) is 0 Å². The SMILES string of the molecule is CCC/C=C/C1CCC(c2ccc(N=C=S)cc2)CC1. The van der Waals surface area contributed by atoms with Crippen molar-refractivity contribution >= 4 is 23.1 Å². The van der Waals surface area contributed by atoms with Crippen molar-refractivity contribution in [2.75, 3.05) is 0 Å². The minimum atomic E-state index is 0.719. The fourth-order valence-corrected chi connectivity index (χ4v) is 3.08. The Morgan fingerprint density at radius 2 is 1.90 bits per heavy atom. The number of unbranched alkanes of at least 4 members (excludes halogenated alkanes) is 1. The van der Waals surface area contributed by atoms with Gasteiger partial charge in [0.05, 0.1) is 10.8 Å². The number of isothiocyanates is 1. The Balaban J connectivity index is 1.88. The quantitative estimate of drug-likeness (QED) is 0.364. The number of aliphatic imine (C=N–C) groups is 1. The van der Waals surface area contributed by atoms with E-state index in [0.29, 0.717) is 0 Å². The average Bonchev–Trinajstić information content (AvgIpc) is 2.49. The van der Waals surface area contributed by atoms with Gasteiger partial charge in [-0.1, -0.05) is 37.6 Å². The molecular weight excluding hydrogens is 262 g/mol. The fourth-order valence-electron chi connectivity index (χ4n) is 2.97. The maximum Gasteiger partial charge on any atom is 0.0739 e. The van der Waals surface area contributed by atoms with Crippen molar-refractivity contribution in [1.82, 2.24) is 0 Å². The topological polar surface area (TPSA) is 12.4 Å². The van der Waals surface area contributed by atoms with Crippen molar-refractivity contribution in [2.45, 2.75) is 51.4 Å². The second kappa shape index (κ2) is 8.14. The molecule has 2 heteroatoms. The highest BCUT2D eigenvalue weighted by molar-refractivity contribution is 7.78. The molecule has 0 aromatic heterocycles. The Labute approximate surface area is 127 Å². The van der Waals surface area contributed by atoms with E-state index in [4.69, 9.17) is 0 Å². The van der Waals surface area contributed by atoms with Gasteiger partial charge < -0.3 is 0 Å². The minimum Gasteiger partial charge on any atom is -0.195 e. The van der Waals surface area contributed by atoms with Crippen LogP contribution in [0.1, 0.15) is 56.9 Å². The summed E-state index contributed by atoms with van der Waals surface area (Å²) in [4.78, 5) is 4.00. The van der Waals surface area contributed by atoms with Gasteiger partial charge >= 0.3 is 0 Å². The molecule has 0 amide bonds. The molecule has 1 nitrogen and oxygen atoms in total. The van der Waals surface area contributed by atoms with E-state index in [2.05, 4.69) is 53.6 Å². The normalized spacial score (nSPS) is 22.6. The lowest BCUT2D eigenvalue weighted by Crippen LogP contribution is -2.11. The van der Waals surface area contributed by atoms with Crippen LogP contribution in [-0.2, 0) is 0 Å². The Hall–Kier alpha value is -1.24. The summed E-state index contributed by atoms with van der Waals surface area (Å²) in [6.07, 6.45) is 12.5. The molecule has 20 heavy (non-hydrogen) atoms. The van der Waals surface area contributed by atoms with E-state index < -0.39 is 0 Å². The standard InChI is InChI=1S/C18H23NS/c1-2-3-4-5-15-6-8-16(9-7-15)17-10-12-18(13-11-17)19-14-20/h4-5,10-13,15-16H,2-3,6-9H2,1H3/b5-4+. The van der Waals surface area contributed by atoms with Gasteiger partial charge in [0, 0.05) is 0 Å². The summed E-state index contributed by atoms with van der Waals surface area (Å²) in [6.45, 7) is 2.23. The Morgan fingerprint density at radius 1 is 1.20 bits per heavy atom. The lowest BCUT2D eigenvalue weighted by atomic mass is 9.78. The predicted octanol–water partition coefficient (Wildman–Crippen LogP) is 6.05. The molecule has 1 saturated carbocycles. The van der Waals surface area contributed by atoms with E-state index in [1.165, 1.54) is 44.1 Å². The summed E-state index contributed by atoms with van der Waals surface area (Å²) >= 11 is 4.63. The summed E-state index contributed by atoms with van der Waals surface area (Å²) in [5.74, 6) is 1.52. The zero-order chi connectivity index (χ0) is 14.2. The van der Waals surface area contributed by atoms with E-state index in [0.717, 1.165) is 17.5 Å². The molecule has 1 aromatic rings. The molecule has 1 aliphatic carbocycles. The third kappa shape index (κ3) is 4.40. The second-order valence-corrected chi connectivity index (χ2v) is 5.81. The molecule has 0 heterocycles. The van der Waals surface area contributed by atoms with Crippen LogP contribution in [0.3, 0.4) is 0 Å². The van der Waals surface area contributed by atoms with Gasteiger partial charge in [-0.2, -0.15) is 4.99 Å². The molecule has 0 atom stereocenters. The molecule has 0 bridgehead atoms. The number of hydrogen-bond acceptors (Lipinski definition) is 2. The number of thiocarbonyl (C=S) groups is 1. The van der Waals surface area contributed by atoms with Crippen LogP contribution in [0, 0.1) is 5.92 Å². The lowest BCUT2D eigenvalue weighted by molar-refractivity contribution is 0.375. The maximum atomic E-state index is 4.63. The van der Waals surface area contributed by atoms with Crippen LogP contribution < -0.4 is 0 Å². The van der Waals surface area contributed by atoms with Crippen molar-refractivity contribution in [3.05, 3.63) is 42.0 Å². The first-order chi connectivity index (χ1) is 9.83. The van der Waals surface area contributed by atoms with E-state index in [1.54, 1.807) is 0 Å². The van der Waals surface area contributed by atoms with Crippen LogP contribution in [-0.4, -0.2) is 5.16 Å². The highest BCUT2D eigenvalue weighted by Crippen LogP contribution is 2.36. The summed E-state index contributed by atoms with van der Waals surface area (Å²) < 4.78 is 0. The van der Waals surface area contributed by atoms with Gasteiger partial charge in [-0.25, -0.2) is 0 Å². The van der Waals surface area contributed by atoms with Crippen LogP contribution in [0.2, 0.25) is 0 Å². The van der Waals surface area contributed by atoms with Gasteiger partial charge in [-0.05, 0) is 73.9 Å². The first-order valence-electron chi connectivity index (χ1n) is 7.68. The van der Waals surface area contributed by atoms with Crippen molar-refractivity contribution in [1.29, 1.82) is 0 Å². The van der Waals surface area contributed by atoms with Gasteiger partial charge in [-0.3, -0.25) is 0 Å². The van der Waals surface area contributed by atoms with Crippen LogP contribution in [0.5, 0.6) is 0 Å². The van der Waals surface area contributed by atoms with Crippen LogP contribution >= 0.6 is 12.2 Å². The van der Waals surface area contributed by atoms with Crippen molar-refractivity contribution in [3.8, 4) is 0 Å². The fraction of sp³-hybridized carbons (Fsp3) is 0.500. The molecule has 0 spiro atoms. The Kier molecular flexibility index (Phi) is 6.17. The summed E-state index contributed by atoms with van der Waals surface area (Å²) in [7, 11) is 0. The number of nitrogens with zero attached hydrogens (tertiary/aromatic N) is 1. The Morgan fingerprint density at radius 3 is 2.50 bits per heavy atom. The minimum absolute atomic E-state index is 0.719. The first kappa shape index (κ1) is 15.2. The van der Waals surface area contributed by atoms with Crippen LogP contribution in [0.15, 0.2) is 41.4 Å². The van der Waals surface area contributed by atoms with E-state index in [1.807, 2.05) is 12.1 Å². The molecule has 1 aliphatic rings. The molecule has 0 N–H and O–H groups in total. The number of allylic oxidation sites excluding steroid dienone is 2.